The summed E-state index contributed by atoms with van der Waals surface area (Å²) in [6.45, 7) is 2.05. The largest absolute Gasteiger partial charge is 0.375 e. The highest BCUT2D eigenvalue weighted by Crippen LogP contribution is 2.36. The van der Waals surface area contributed by atoms with Gasteiger partial charge < -0.3 is 5.32 Å². The zero-order chi connectivity index (χ0) is 15.0. The van der Waals surface area contributed by atoms with Crippen LogP contribution < -0.4 is 5.32 Å². The van der Waals surface area contributed by atoms with Gasteiger partial charge in [0.1, 0.15) is 5.52 Å². The molecular weight excluding hydrogens is 391 g/mol. The predicted octanol–water partition coefficient (Wildman–Crippen LogP) is 6.54. The third kappa shape index (κ3) is 3.04. The lowest BCUT2D eigenvalue weighted by atomic mass is 10.1. The molecule has 1 aromatic heterocycles. The first kappa shape index (κ1) is 15.1. The Morgan fingerprint density at radius 1 is 1.19 bits per heavy atom. The average molecular weight is 402 g/mol. The molecule has 21 heavy (non-hydrogen) atoms. The van der Waals surface area contributed by atoms with Crippen molar-refractivity contribution in [2.45, 2.75) is 13.0 Å². The van der Waals surface area contributed by atoms with Crippen LogP contribution in [0.5, 0.6) is 0 Å². The minimum absolute atomic E-state index is 0.0235. The lowest BCUT2D eigenvalue weighted by molar-refractivity contribution is 0.886. The fourth-order valence-electron chi connectivity index (χ4n) is 2.19. The SMILES string of the molecule is CC(Nc1c(Cl)ccc2scnc12)c1ccc(Br)cc1Cl. The van der Waals surface area contributed by atoms with Crippen molar-refractivity contribution in [1.29, 1.82) is 0 Å². The van der Waals surface area contributed by atoms with Crippen LogP contribution in [-0.4, -0.2) is 4.98 Å². The van der Waals surface area contributed by atoms with E-state index < -0.39 is 0 Å². The number of halogens is 3. The first-order valence-electron chi connectivity index (χ1n) is 6.29. The van der Waals surface area contributed by atoms with Gasteiger partial charge in [0.15, 0.2) is 0 Å². The summed E-state index contributed by atoms with van der Waals surface area (Å²) in [5.41, 5.74) is 4.58. The number of aromatic nitrogens is 1. The van der Waals surface area contributed by atoms with Crippen LogP contribution in [-0.2, 0) is 0 Å². The molecule has 2 aromatic carbocycles. The minimum atomic E-state index is 0.0235. The van der Waals surface area contributed by atoms with Gasteiger partial charge in [-0.1, -0.05) is 45.2 Å². The number of hydrogen-bond donors (Lipinski definition) is 1. The van der Waals surface area contributed by atoms with E-state index in [0.717, 1.165) is 25.9 Å². The summed E-state index contributed by atoms with van der Waals surface area (Å²) >= 11 is 17.6. The molecule has 0 saturated carbocycles. The number of benzene rings is 2. The van der Waals surface area contributed by atoms with Gasteiger partial charge in [0, 0.05) is 9.50 Å². The van der Waals surface area contributed by atoms with Crippen molar-refractivity contribution in [3.8, 4) is 0 Å². The molecule has 1 heterocycles. The second-order valence-electron chi connectivity index (χ2n) is 4.65. The summed E-state index contributed by atoms with van der Waals surface area (Å²) in [5.74, 6) is 0. The molecule has 1 atom stereocenters. The van der Waals surface area contributed by atoms with Crippen molar-refractivity contribution in [2.75, 3.05) is 5.32 Å². The van der Waals surface area contributed by atoms with Crippen LogP contribution in [0, 0.1) is 0 Å². The van der Waals surface area contributed by atoms with Crippen LogP contribution in [0.3, 0.4) is 0 Å². The predicted molar refractivity (Wildman–Crippen MR) is 95.8 cm³/mol. The number of nitrogens with one attached hydrogen (secondary N) is 1. The van der Waals surface area contributed by atoms with E-state index in [-0.39, 0.29) is 6.04 Å². The van der Waals surface area contributed by atoms with E-state index in [4.69, 9.17) is 23.2 Å². The second-order valence-corrected chi connectivity index (χ2v) is 7.27. The molecule has 0 bridgehead atoms. The monoisotopic (exact) mass is 400 g/mol. The summed E-state index contributed by atoms with van der Waals surface area (Å²) in [7, 11) is 0. The van der Waals surface area contributed by atoms with Gasteiger partial charge >= 0.3 is 0 Å². The Labute approximate surface area is 145 Å². The molecular formula is C15H11BrCl2N2S. The molecule has 0 saturated heterocycles. The van der Waals surface area contributed by atoms with E-state index in [1.807, 2.05) is 35.8 Å². The first-order valence-corrected chi connectivity index (χ1v) is 8.72. The Balaban J connectivity index is 1.98. The van der Waals surface area contributed by atoms with Crippen molar-refractivity contribution < 1.29 is 0 Å². The molecule has 0 aliphatic carbocycles. The fraction of sp³-hybridized carbons (Fsp3) is 0.133. The van der Waals surface area contributed by atoms with Crippen molar-refractivity contribution in [3.05, 3.63) is 55.9 Å². The molecule has 0 amide bonds. The normalized spacial score (nSPS) is 12.6. The Morgan fingerprint density at radius 3 is 2.76 bits per heavy atom. The van der Waals surface area contributed by atoms with Gasteiger partial charge in [-0.15, -0.1) is 11.3 Å². The highest BCUT2D eigenvalue weighted by atomic mass is 79.9. The van der Waals surface area contributed by atoms with Crippen molar-refractivity contribution in [1.82, 2.24) is 4.98 Å². The van der Waals surface area contributed by atoms with Gasteiger partial charge in [0.05, 0.1) is 27.0 Å². The van der Waals surface area contributed by atoms with Crippen LogP contribution in [0.25, 0.3) is 10.2 Å². The summed E-state index contributed by atoms with van der Waals surface area (Å²) in [5, 5.41) is 4.80. The van der Waals surface area contributed by atoms with Crippen molar-refractivity contribution in [2.24, 2.45) is 0 Å². The maximum absolute atomic E-state index is 6.32. The van der Waals surface area contributed by atoms with E-state index >= 15 is 0 Å². The van der Waals surface area contributed by atoms with Crippen LogP contribution in [0.2, 0.25) is 10.0 Å². The number of anilines is 1. The average Bonchev–Trinajstić information content (AvgIpc) is 2.90. The number of fused-ring (bicyclic) bond motifs is 1. The molecule has 1 N–H and O–H groups in total. The van der Waals surface area contributed by atoms with E-state index in [2.05, 4.69) is 33.2 Å². The minimum Gasteiger partial charge on any atom is -0.375 e. The molecule has 0 radical (unpaired) electrons. The van der Waals surface area contributed by atoms with E-state index in [1.165, 1.54) is 0 Å². The zero-order valence-electron chi connectivity index (χ0n) is 11.0. The molecule has 0 fully saturated rings. The second kappa shape index (κ2) is 6.13. The van der Waals surface area contributed by atoms with Crippen LogP contribution in [0.4, 0.5) is 5.69 Å². The van der Waals surface area contributed by atoms with E-state index in [0.29, 0.717) is 10.0 Å². The van der Waals surface area contributed by atoms with Gasteiger partial charge in [-0.05, 0) is 36.8 Å². The molecule has 6 heteroatoms. The highest BCUT2D eigenvalue weighted by Gasteiger charge is 2.14. The van der Waals surface area contributed by atoms with Gasteiger partial charge in [-0.2, -0.15) is 0 Å². The van der Waals surface area contributed by atoms with Crippen molar-refractivity contribution in [3.63, 3.8) is 0 Å². The van der Waals surface area contributed by atoms with Crippen molar-refractivity contribution >= 4 is 66.4 Å². The standard InChI is InChI=1S/C15H11BrCl2N2S/c1-8(10-3-2-9(16)6-12(10)18)20-14-11(17)4-5-13-15(14)19-7-21-13/h2-8,20H,1H3. The third-order valence-electron chi connectivity index (χ3n) is 3.24. The van der Waals surface area contributed by atoms with Crippen LogP contribution >= 0.6 is 50.5 Å². The Hall–Kier alpha value is -0.810. The summed E-state index contributed by atoms with van der Waals surface area (Å²) in [4.78, 5) is 4.39. The molecule has 3 rings (SSSR count). The fourth-order valence-corrected chi connectivity index (χ4v) is 3.92. The molecule has 2 nitrogen and oxygen atoms in total. The molecule has 0 aliphatic rings. The highest BCUT2D eigenvalue weighted by molar-refractivity contribution is 9.10. The number of rotatable bonds is 3. The topological polar surface area (TPSA) is 24.9 Å². The smallest absolute Gasteiger partial charge is 0.106 e. The molecule has 1 unspecified atom stereocenters. The number of hydrogen-bond acceptors (Lipinski definition) is 3. The van der Waals surface area contributed by atoms with Gasteiger partial charge in [-0.25, -0.2) is 4.98 Å². The summed E-state index contributed by atoms with van der Waals surface area (Å²) in [6.07, 6.45) is 0. The molecule has 108 valence electrons. The van der Waals surface area contributed by atoms with Gasteiger partial charge in [-0.3, -0.25) is 0 Å². The number of nitrogens with zero attached hydrogens (tertiary/aromatic N) is 1. The van der Waals surface area contributed by atoms with E-state index in [1.54, 1.807) is 11.3 Å². The maximum Gasteiger partial charge on any atom is 0.106 e. The van der Waals surface area contributed by atoms with Gasteiger partial charge in [0.2, 0.25) is 0 Å². The lowest BCUT2D eigenvalue weighted by Crippen LogP contribution is -2.08. The zero-order valence-corrected chi connectivity index (χ0v) is 14.9. The maximum atomic E-state index is 6.32. The Bertz CT molecular complexity index is 803. The third-order valence-corrected chi connectivity index (χ3v) is 5.17. The Kier molecular flexibility index (Phi) is 4.41. The van der Waals surface area contributed by atoms with Gasteiger partial charge in [0.25, 0.3) is 0 Å². The quantitative estimate of drug-likeness (QED) is 0.538. The molecule has 0 aliphatic heterocycles. The molecule has 0 spiro atoms. The van der Waals surface area contributed by atoms with Crippen LogP contribution in [0.1, 0.15) is 18.5 Å². The van der Waals surface area contributed by atoms with E-state index in [9.17, 15) is 0 Å². The lowest BCUT2D eigenvalue weighted by Gasteiger charge is -2.18. The molecule has 3 aromatic rings. The Morgan fingerprint density at radius 2 is 2.00 bits per heavy atom. The van der Waals surface area contributed by atoms with Crippen LogP contribution in [0.15, 0.2) is 40.3 Å². The summed E-state index contributed by atoms with van der Waals surface area (Å²) < 4.78 is 2.07. The summed E-state index contributed by atoms with van der Waals surface area (Å²) in [6, 6.07) is 9.76. The first-order chi connectivity index (χ1) is 10.1. The number of thiazole rings is 1.